The minimum Gasteiger partial charge on any atom is -0.454 e. The fraction of sp³-hybridized carbons (Fsp3) is 0.238. The second-order valence-electron chi connectivity index (χ2n) is 6.45. The number of guanidine groups is 1. The van der Waals surface area contributed by atoms with Crippen LogP contribution < -0.4 is 14.8 Å². The van der Waals surface area contributed by atoms with Gasteiger partial charge in [-0.25, -0.2) is 4.98 Å². The van der Waals surface area contributed by atoms with Crippen molar-refractivity contribution in [2.24, 2.45) is 4.99 Å². The highest BCUT2D eigenvalue weighted by molar-refractivity contribution is 5.79. The van der Waals surface area contributed by atoms with Gasteiger partial charge in [0.2, 0.25) is 12.7 Å². The quantitative estimate of drug-likeness (QED) is 0.543. The molecule has 2 heterocycles. The highest BCUT2D eigenvalue weighted by Crippen LogP contribution is 2.32. The summed E-state index contributed by atoms with van der Waals surface area (Å²) in [5.74, 6) is 2.95. The van der Waals surface area contributed by atoms with Crippen LogP contribution in [0.4, 0.5) is 0 Å². The number of oxazole rings is 1. The van der Waals surface area contributed by atoms with Crippen LogP contribution in [0.3, 0.4) is 0 Å². The molecule has 0 fully saturated rings. The molecule has 1 aromatic heterocycles. The van der Waals surface area contributed by atoms with E-state index in [2.05, 4.69) is 15.3 Å². The third-order valence-corrected chi connectivity index (χ3v) is 4.43. The number of fused-ring (bicyclic) bond motifs is 1. The van der Waals surface area contributed by atoms with Crippen molar-refractivity contribution in [2.75, 3.05) is 20.9 Å². The molecule has 1 aliphatic heterocycles. The van der Waals surface area contributed by atoms with Crippen molar-refractivity contribution in [1.82, 2.24) is 15.2 Å². The monoisotopic (exact) mass is 378 g/mol. The van der Waals surface area contributed by atoms with E-state index in [1.54, 1.807) is 13.3 Å². The van der Waals surface area contributed by atoms with Gasteiger partial charge in [0.15, 0.2) is 17.5 Å². The molecule has 0 unspecified atom stereocenters. The van der Waals surface area contributed by atoms with E-state index in [1.165, 1.54) is 0 Å². The number of rotatable bonds is 5. The molecule has 4 rings (SSSR count). The Morgan fingerprint density at radius 2 is 1.96 bits per heavy atom. The molecule has 0 amide bonds. The zero-order valence-corrected chi connectivity index (χ0v) is 15.9. The number of hydrogen-bond acceptors (Lipinski definition) is 5. The van der Waals surface area contributed by atoms with Crippen LogP contribution >= 0.6 is 0 Å². The summed E-state index contributed by atoms with van der Waals surface area (Å²) in [6.07, 6.45) is 1.67. The van der Waals surface area contributed by atoms with Gasteiger partial charge in [-0.3, -0.25) is 4.99 Å². The van der Waals surface area contributed by atoms with Crippen molar-refractivity contribution in [2.45, 2.75) is 13.1 Å². The van der Waals surface area contributed by atoms with Gasteiger partial charge in [-0.1, -0.05) is 24.3 Å². The van der Waals surface area contributed by atoms with Gasteiger partial charge in [0.25, 0.3) is 0 Å². The van der Waals surface area contributed by atoms with Gasteiger partial charge in [-0.05, 0) is 29.8 Å². The normalized spacial score (nSPS) is 12.9. The standard InChI is InChI=1S/C21H22N4O3/c1-22-21(25(2)12-15-8-9-18-19(10-15)28-14-27-18)23-11-17-13-26-20(24-17)16-6-4-3-5-7-16/h3-10,13H,11-12,14H2,1-2H3,(H,22,23). The van der Waals surface area contributed by atoms with E-state index in [1.807, 2.05) is 60.5 Å². The van der Waals surface area contributed by atoms with Gasteiger partial charge in [-0.2, -0.15) is 0 Å². The maximum atomic E-state index is 5.59. The van der Waals surface area contributed by atoms with Crippen LogP contribution in [0.25, 0.3) is 11.5 Å². The molecule has 7 heteroatoms. The maximum Gasteiger partial charge on any atom is 0.231 e. The molecule has 1 N–H and O–H groups in total. The van der Waals surface area contributed by atoms with Gasteiger partial charge >= 0.3 is 0 Å². The van der Waals surface area contributed by atoms with Crippen LogP contribution in [0.2, 0.25) is 0 Å². The summed E-state index contributed by atoms with van der Waals surface area (Å²) >= 11 is 0. The molecule has 0 bridgehead atoms. The predicted molar refractivity (Wildman–Crippen MR) is 106 cm³/mol. The van der Waals surface area contributed by atoms with Crippen molar-refractivity contribution in [3.63, 3.8) is 0 Å². The SMILES string of the molecule is CN=C(NCc1coc(-c2ccccc2)n1)N(C)Cc1ccc2c(c1)OCO2. The molecule has 2 aromatic carbocycles. The largest absolute Gasteiger partial charge is 0.454 e. The Kier molecular flexibility index (Phi) is 5.14. The zero-order chi connectivity index (χ0) is 19.3. The average molecular weight is 378 g/mol. The minimum absolute atomic E-state index is 0.278. The molecule has 1 aliphatic rings. The van der Waals surface area contributed by atoms with E-state index < -0.39 is 0 Å². The van der Waals surface area contributed by atoms with Gasteiger partial charge < -0.3 is 24.1 Å². The van der Waals surface area contributed by atoms with Crippen molar-refractivity contribution in [1.29, 1.82) is 0 Å². The summed E-state index contributed by atoms with van der Waals surface area (Å²) in [6.45, 7) is 1.49. The van der Waals surface area contributed by atoms with Crippen LogP contribution in [0, 0.1) is 0 Å². The Hall–Kier alpha value is -3.48. The first-order valence-corrected chi connectivity index (χ1v) is 9.03. The number of ether oxygens (including phenoxy) is 2. The van der Waals surface area contributed by atoms with Crippen LogP contribution in [0.15, 0.2) is 64.2 Å². The molecule has 0 aliphatic carbocycles. The fourth-order valence-corrected chi connectivity index (χ4v) is 3.04. The topological polar surface area (TPSA) is 72.1 Å². The minimum atomic E-state index is 0.278. The summed E-state index contributed by atoms with van der Waals surface area (Å²) in [7, 11) is 3.74. The number of aromatic nitrogens is 1. The van der Waals surface area contributed by atoms with E-state index in [4.69, 9.17) is 13.9 Å². The third-order valence-electron chi connectivity index (χ3n) is 4.43. The summed E-state index contributed by atoms with van der Waals surface area (Å²) < 4.78 is 16.4. The first-order chi connectivity index (χ1) is 13.7. The molecule has 144 valence electrons. The molecular formula is C21H22N4O3. The van der Waals surface area contributed by atoms with Crippen molar-refractivity contribution in [3.05, 3.63) is 66.1 Å². The average Bonchev–Trinajstić information content (AvgIpc) is 3.38. The molecule has 3 aromatic rings. The Morgan fingerprint density at radius 1 is 1.14 bits per heavy atom. The smallest absolute Gasteiger partial charge is 0.231 e. The number of aliphatic imine (C=N–C) groups is 1. The molecular weight excluding hydrogens is 356 g/mol. The fourth-order valence-electron chi connectivity index (χ4n) is 3.04. The summed E-state index contributed by atoms with van der Waals surface area (Å²) in [4.78, 5) is 10.9. The van der Waals surface area contributed by atoms with E-state index in [0.29, 0.717) is 19.0 Å². The zero-order valence-electron chi connectivity index (χ0n) is 15.9. The maximum absolute atomic E-state index is 5.59. The molecule has 0 radical (unpaired) electrons. The molecule has 0 saturated heterocycles. The van der Waals surface area contributed by atoms with E-state index in [-0.39, 0.29) is 6.79 Å². The lowest BCUT2D eigenvalue weighted by Gasteiger charge is -2.22. The van der Waals surface area contributed by atoms with Crippen LogP contribution in [-0.2, 0) is 13.1 Å². The van der Waals surface area contributed by atoms with Crippen molar-refractivity contribution >= 4 is 5.96 Å². The van der Waals surface area contributed by atoms with Crippen molar-refractivity contribution in [3.8, 4) is 23.0 Å². The molecule has 0 saturated carbocycles. The van der Waals surface area contributed by atoms with E-state index in [0.717, 1.165) is 34.3 Å². The van der Waals surface area contributed by atoms with E-state index >= 15 is 0 Å². The number of hydrogen-bond donors (Lipinski definition) is 1. The van der Waals surface area contributed by atoms with Crippen molar-refractivity contribution < 1.29 is 13.9 Å². The van der Waals surface area contributed by atoms with Crippen LogP contribution in [-0.4, -0.2) is 36.7 Å². The predicted octanol–water partition coefficient (Wildman–Crippen LogP) is 3.28. The summed E-state index contributed by atoms with van der Waals surface area (Å²) in [6, 6.07) is 15.8. The Labute approximate surface area is 163 Å². The van der Waals surface area contributed by atoms with Crippen LogP contribution in [0.5, 0.6) is 11.5 Å². The Morgan fingerprint density at radius 3 is 2.79 bits per heavy atom. The number of benzene rings is 2. The summed E-state index contributed by atoms with van der Waals surface area (Å²) in [5.41, 5.74) is 2.89. The van der Waals surface area contributed by atoms with Gasteiger partial charge in [0, 0.05) is 26.2 Å². The highest BCUT2D eigenvalue weighted by atomic mass is 16.7. The summed E-state index contributed by atoms with van der Waals surface area (Å²) in [5, 5.41) is 3.32. The van der Waals surface area contributed by atoms with Crippen LogP contribution in [0.1, 0.15) is 11.3 Å². The van der Waals surface area contributed by atoms with Gasteiger partial charge in [0.05, 0.1) is 12.2 Å². The molecule has 0 atom stereocenters. The lowest BCUT2D eigenvalue weighted by molar-refractivity contribution is 0.174. The molecule has 7 nitrogen and oxygen atoms in total. The number of nitrogens with zero attached hydrogens (tertiary/aromatic N) is 3. The second kappa shape index (κ2) is 8.04. The molecule has 0 spiro atoms. The van der Waals surface area contributed by atoms with Gasteiger partial charge in [0.1, 0.15) is 6.26 Å². The highest BCUT2D eigenvalue weighted by Gasteiger charge is 2.15. The first-order valence-electron chi connectivity index (χ1n) is 9.03. The Balaban J connectivity index is 1.36. The molecule has 28 heavy (non-hydrogen) atoms. The number of nitrogens with one attached hydrogen (secondary N) is 1. The Bertz CT molecular complexity index is 969. The lowest BCUT2D eigenvalue weighted by atomic mass is 10.2. The third kappa shape index (κ3) is 3.93. The first kappa shape index (κ1) is 17.9. The second-order valence-corrected chi connectivity index (χ2v) is 6.45. The lowest BCUT2D eigenvalue weighted by Crippen LogP contribution is -2.38. The van der Waals surface area contributed by atoms with Gasteiger partial charge in [-0.15, -0.1) is 0 Å². The van der Waals surface area contributed by atoms with E-state index in [9.17, 15) is 0 Å².